The van der Waals surface area contributed by atoms with Gasteiger partial charge in [-0.15, -0.1) is 23.7 Å². The first kappa shape index (κ1) is 9.24. The molecule has 0 aromatic heterocycles. The van der Waals surface area contributed by atoms with Gasteiger partial charge in [0.05, 0.1) is 0 Å². The molecule has 0 fully saturated rings. The first-order chi connectivity index (χ1) is 4.88. The summed E-state index contributed by atoms with van der Waals surface area (Å²) < 4.78 is 0. The molecule has 1 radical (unpaired) electrons. The van der Waals surface area contributed by atoms with Crippen LogP contribution in [-0.4, -0.2) is 0 Å². The normalized spacial score (nSPS) is 14.1. The summed E-state index contributed by atoms with van der Waals surface area (Å²) in [6.07, 6.45) is 0. The Morgan fingerprint density at radius 3 is 2.82 bits per heavy atom. The number of nitrogens with one attached hydrogen (secondary N) is 1. The topological polar surface area (TPSA) is 12.0 Å². The third-order valence-electron chi connectivity index (χ3n) is 1.97. The van der Waals surface area contributed by atoms with Crippen molar-refractivity contribution in [1.82, 2.24) is 5.32 Å². The first-order valence-corrected chi connectivity index (χ1v) is 3.53. The minimum atomic E-state index is 0. The van der Waals surface area contributed by atoms with Crippen LogP contribution in [0.15, 0.2) is 24.3 Å². The molecule has 1 aromatic rings. The summed E-state index contributed by atoms with van der Waals surface area (Å²) in [5.41, 5.74) is 2.79. The average Bonchev–Trinajstić information content (AvgIpc) is 2.34. The van der Waals surface area contributed by atoms with Gasteiger partial charge in [-0.05, 0) is 6.54 Å². The van der Waals surface area contributed by atoms with E-state index in [1.165, 1.54) is 17.2 Å². The Bertz CT molecular complexity index is 247. The first-order valence-electron chi connectivity index (χ1n) is 3.53. The minimum absolute atomic E-state index is 0. The predicted octanol–water partition coefficient (Wildman–Crippen LogP) is 1.69. The van der Waals surface area contributed by atoms with E-state index in [4.69, 9.17) is 0 Å². The molecule has 2 heteroatoms. The van der Waals surface area contributed by atoms with Crippen LogP contribution in [0.2, 0.25) is 0 Å². The summed E-state index contributed by atoms with van der Waals surface area (Å²) in [5.74, 6) is 0. The molecule has 0 aliphatic carbocycles. The molecule has 0 amide bonds. The molecule has 2 rings (SSSR count). The Morgan fingerprint density at radius 2 is 2.09 bits per heavy atom. The molecule has 1 N–H and O–H groups in total. The Morgan fingerprint density at radius 1 is 1.36 bits per heavy atom. The minimum Gasteiger partial charge on any atom is -0.351 e. The molecular weight excluding hydrogens is 211 g/mol. The average molecular weight is 221 g/mol. The van der Waals surface area contributed by atoms with Crippen LogP contribution in [0.3, 0.4) is 0 Å². The van der Waals surface area contributed by atoms with E-state index in [0.29, 0.717) is 0 Å². The summed E-state index contributed by atoms with van der Waals surface area (Å²) in [5, 5.41) is 3.30. The Balaban J connectivity index is 0.000000605. The third kappa shape index (κ3) is 1.66. The van der Waals surface area contributed by atoms with E-state index in [2.05, 4.69) is 36.5 Å². The van der Waals surface area contributed by atoms with E-state index in [9.17, 15) is 0 Å². The number of hydrogen-bond donors (Lipinski definition) is 1. The van der Waals surface area contributed by atoms with Crippen LogP contribution in [0.1, 0.15) is 18.1 Å². The maximum Gasteiger partial charge on any atom is 0 e. The van der Waals surface area contributed by atoms with Gasteiger partial charge in [0.1, 0.15) is 0 Å². The second-order valence-electron chi connectivity index (χ2n) is 2.64. The van der Waals surface area contributed by atoms with Gasteiger partial charge in [0, 0.05) is 32.7 Å². The maximum absolute atomic E-state index is 3.30. The van der Waals surface area contributed by atoms with Crippen molar-refractivity contribution < 1.29 is 32.7 Å². The van der Waals surface area contributed by atoms with Crippen molar-refractivity contribution in [2.75, 3.05) is 0 Å². The molecule has 1 heterocycles. The fourth-order valence-corrected chi connectivity index (χ4v) is 1.36. The number of fused-ring (bicyclic) bond motifs is 1. The molecule has 0 unspecified atom stereocenters. The summed E-state index contributed by atoms with van der Waals surface area (Å²) >= 11 is 0. The fourth-order valence-electron chi connectivity index (χ4n) is 1.36. The molecule has 0 saturated carbocycles. The fraction of sp³-hybridized carbons (Fsp3) is 0.222. The largest absolute Gasteiger partial charge is 0.351 e. The van der Waals surface area contributed by atoms with E-state index < -0.39 is 0 Å². The van der Waals surface area contributed by atoms with Gasteiger partial charge >= 0.3 is 0 Å². The quantitative estimate of drug-likeness (QED) is 0.657. The Labute approximate surface area is 92.5 Å². The molecule has 0 bridgehead atoms. The van der Waals surface area contributed by atoms with Gasteiger partial charge in [-0.2, -0.15) is 11.6 Å². The summed E-state index contributed by atoms with van der Waals surface area (Å²) in [6, 6.07) is 9.79. The molecule has 1 aliphatic rings. The maximum atomic E-state index is 3.30. The van der Waals surface area contributed by atoms with Crippen LogP contribution in [0.4, 0.5) is 0 Å². The van der Waals surface area contributed by atoms with Gasteiger partial charge in [-0.25, -0.2) is 0 Å². The van der Waals surface area contributed by atoms with Crippen LogP contribution in [0.5, 0.6) is 0 Å². The van der Waals surface area contributed by atoms with E-state index >= 15 is 0 Å². The molecule has 0 spiro atoms. The standard InChI is InChI=1S/C9H10N.Y/c1-7-9-5-3-2-4-8(9)6-10-7;/h2-5,10H,6H2,1H3;/q-1;. The van der Waals surface area contributed by atoms with Crippen LogP contribution < -0.4 is 5.32 Å². The molecule has 0 saturated heterocycles. The van der Waals surface area contributed by atoms with Crippen LogP contribution in [0, 0.1) is 6.04 Å². The number of benzene rings is 1. The summed E-state index contributed by atoms with van der Waals surface area (Å²) in [6.45, 7) is 3.12. The van der Waals surface area contributed by atoms with Crippen molar-refractivity contribution in [1.29, 1.82) is 0 Å². The summed E-state index contributed by atoms with van der Waals surface area (Å²) in [4.78, 5) is 0. The second-order valence-corrected chi connectivity index (χ2v) is 2.64. The van der Waals surface area contributed by atoms with Crippen LogP contribution >= 0.6 is 0 Å². The Hall–Kier alpha value is 0.154. The van der Waals surface area contributed by atoms with Crippen molar-refractivity contribution in [2.24, 2.45) is 0 Å². The smallest absolute Gasteiger partial charge is 0 e. The van der Waals surface area contributed by atoms with E-state index in [0.717, 1.165) is 6.54 Å². The number of rotatable bonds is 0. The van der Waals surface area contributed by atoms with Crippen molar-refractivity contribution in [3.05, 3.63) is 41.4 Å². The molecule has 1 aromatic carbocycles. The van der Waals surface area contributed by atoms with Crippen molar-refractivity contribution >= 4 is 0 Å². The van der Waals surface area contributed by atoms with Gasteiger partial charge in [-0.3, -0.25) is 0 Å². The molecule has 1 nitrogen and oxygen atoms in total. The zero-order valence-corrected chi connectivity index (χ0v) is 9.43. The van der Waals surface area contributed by atoms with Crippen molar-refractivity contribution in [2.45, 2.75) is 13.5 Å². The van der Waals surface area contributed by atoms with Gasteiger partial charge in [0.25, 0.3) is 0 Å². The third-order valence-corrected chi connectivity index (χ3v) is 1.97. The zero-order chi connectivity index (χ0) is 6.97. The molecular formula is C9H10NY-. The van der Waals surface area contributed by atoms with E-state index in [1.54, 1.807) is 0 Å². The Kier molecular flexibility index (Phi) is 3.11. The number of hydrogen-bond acceptors (Lipinski definition) is 1. The molecule has 0 atom stereocenters. The molecule has 11 heavy (non-hydrogen) atoms. The second kappa shape index (κ2) is 3.71. The van der Waals surface area contributed by atoms with Gasteiger partial charge in [0.2, 0.25) is 0 Å². The van der Waals surface area contributed by atoms with E-state index in [1.807, 2.05) is 0 Å². The molecule has 55 valence electrons. The molecule has 1 aliphatic heterocycles. The van der Waals surface area contributed by atoms with Crippen molar-refractivity contribution in [3.63, 3.8) is 0 Å². The predicted molar refractivity (Wildman–Crippen MR) is 41.3 cm³/mol. The van der Waals surface area contributed by atoms with Gasteiger partial charge < -0.3 is 5.32 Å². The zero-order valence-electron chi connectivity index (χ0n) is 6.59. The van der Waals surface area contributed by atoms with Crippen LogP contribution in [0.25, 0.3) is 0 Å². The van der Waals surface area contributed by atoms with Crippen LogP contribution in [-0.2, 0) is 39.3 Å². The van der Waals surface area contributed by atoms with Gasteiger partial charge in [-0.1, -0.05) is 13.0 Å². The van der Waals surface area contributed by atoms with Gasteiger partial charge in [0.15, 0.2) is 0 Å². The monoisotopic (exact) mass is 221 g/mol. The summed E-state index contributed by atoms with van der Waals surface area (Å²) in [7, 11) is 0. The SMILES string of the molecule is C[C-]1NCc2ccccc21.[Y]. The van der Waals surface area contributed by atoms with Crippen molar-refractivity contribution in [3.8, 4) is 0 Å². The van der Waals surface area contributed by atoms with E-state index in [-0.39, 0.29) is 32.7 Å².